The molecule has 0 saturated carbocycles. The van der Waals surface area contributed by atoms with Gasteiger partial charge in [0.1, 0.15) is 0 Å². The van der Waals surface area contributed by atoms with E-state index in [-0.39, 0.29) is 16.3 Å². The second-order valence-electron chi connectivity index (χ2n) is 3.76. The summed E-state index contributed by atoms with van der Waals surface area (Å²) >= 11 is 3.01. The lowest BCUT2D eigenvalue weighted by Gasteiger charge is -2.16. The fourth-order valence-electron chi connectivity index (χ4n) is 2.01. The summed E-state index contributed by atoms with van der Waals surface area (Å²) in [6.07, 6.45) is 1.94. The molecule has 88 valence electrons. The van der Waals surface area contributed by atoms with E-state index in [2.05, 4.69) is 21.2 Å². The first-order valence-corrected chi connectivity index (χ1v) is 5.89. The van der Waals surface area contributed by atoms with Crippen LogP contribution in [0.3, 0.4) is 0 Å². The quantitative estimate of drug-likeness (QED) is 0.845. The molecule has 0 amide bonds. The average Bonchev–Trinajstić information content (AvgIpc) is 2.79. The molecule has 1 aliphatic rings. The zero-order valence-electron chi connectivity index (χ0n) is 8.82. The van der Waals surface area contributed by atoms with Crippen LogP contribution in [0.5, 0.6) is 5.75 Å². The number of rotatable bonds is 2. The number of hydrogen-bond donors (Lipinski definition) is 1. The third-order valence-electron chi connectivity index (χ3n) is 2.79. The number of hydrogen-bond acceptors (Lipinski definition) is 2. The van der Waals surface area contributed by atoms with Gasteiger partial charge in [0.05, 0.1) is 11.6 Å². The van der Waals surface area contributed by atoms with Crippen molar-refractivity contribution < 1.29 is 13.5 Å². The van der Waals surface area contributed by atoms with Gasteiger partial charge < -0.3 is 10.1 Å². The van der Waals surface area contributed by atoms with Crippen molar-refractivity contribution in [3.05, 3.63) is 27.7 Å². The van der Waals surface area contributed by atoms with Crippen LogP contribution < -0.4 is 10.1 Å². The molecule has 2 nitrogen and oxygen atoms in total. The first kappa shape index (κ1) is 11.8. The summed E-state index contributed by atoms with van der Waals surface area (Å²) in [5.74, 6) is -1.83. The largest absolute Gasteiger partial charge is 0.493 e. The first-order chi connectivity index (χ1) is 7.65. The third kappa shape index (κ3) is 1.94. The van der Waals surface area contributed by atoms with Crippen molar-refractivity contribution in [1.82, 2.24) is 5.32 Å². The molecule has 1 N–H and O–H groups in total. The Balaban J connectivity index is 2.50. The predicted molar refractivity (Wildman–Crippen MR) is 60.6 cm³/mol. The molecule has 0 radical (unpaired) electrons. The zero-order valence-corrected chi connectivity index (χ0v) is 10.4. The number of benzene rings is 1. The third-order valence-corrected chi connectivity index (χ3v) is 3.36. The van der Waals surface area contributed by atoms with E-state index in [9.17, 15) is 8.78 Å². The van der Waals surface area contributed by atoms with E-state index in [4.69, 9.17) is 4.74 Å². The summed E-state index contributed by atoms with van der Waals surface area (Å²) in [6, 6.07) is 1.63. The van der Waals surface area contributed by atoms with Gasteiger partial charge >= 0.3 is 0 Å². The smallest absolute Gasteiger partial charge is 0.202 e. The van der Waals surface area contributed by atoms with Crippen LogP contribution in [0.4, 0.5) is 8.78 Å². The van der Waals surface area contributed by atoms with Crippen LogP contribution in [0.1, 0.15) is 24.4 Å². The predicted octanol–water partition coefficient (Wildman–Crippen LogP) is 3.16. The van der Waals surface area contributed by atoms with Crippen molar-refractivity contribution in [1.29, 1.82) is 0 Å². The maximum absolute atomic E-state index is 13.6. The maximum Gasteiger partial charge on any atom is 0.202 e. The Labute approximate surface area is 101 Å². The number of halogens is 3. The topological polar surface area (TPSA) is 21.3 Å². The van der Waals surface area contributed by atoms with Crippen LogP contribution in [0.2, 0.25) is 0 Å². The van der Waals surface area contributed by atoms with Crippen LogP contribution in [0.25, 0.3) is 0 Å². The molecule has 1 aromatic rings. The summed E-state index contributed by atoms with van der Waals surface area (Å²) in [7, 11) is 1.35. The highest BCUT2D eigenvalue weighted by Crippen LogP contribution is 2.37. The number of nitrogens with one attached hydrogen (secondary N) is 1. The van der Waals surface area contributed by atoms with Crippen molar-refractivity contribution in [2.24, 2.45) is 0 Å². The molecule has 0 aliphatic carbocycles. The van der Waals surface area contributed by atoms with E-state index >= 15 is 0 Å². The highest BCUT2D eigenvalue weighted by atomic mass is 79.9. The molecular weight excluding hydrogens is 280 g/mol. The van der Waals surface area contributed by atoms with Gasteiger partial charge in [0.15, 0.2) is 11.6 Å². The molecule has 1 fully saturated rings. The van der Waals surface area contributed by atoms with Crippen molar-refractivity contribution in [2.45, 2.75) is 18.9 Å². The highest BCUT2D eigenvalue weighted by Gasteiger charge is 2.25. The fraction of sp³-hybridized carbons (Fsp3) is 0.455. The minimum Gasteiger partial charge on any atom is -0.493 e. The van der Waals surface area contributed by atoms with Crippen molar-refractivity contribution in [2.75, 3.05) is 13.7 Å². The van der Waals surface area contributed by atoms with Gasteiger partial charge in [0, 0.05) is 11.6 Å². The van der Waals surface area contributed by atoms with Gasteiger partial charge in [-0.3, -0.25) is 0 Å². The van der Waals surface area contributed by atoms with Crippen molar-refractivity contribution >= 4 is 15.9 Å². The molecule has 0 bridgehead atoms. The van der Waals surface area contributed by atoms with E-state index in [1.165, 1.54) is 7.11 Å². The molecule has 1 aromatic carbocycles. The Morgan fingerprint density at radius 2 is 2.19 bits per heavy atom. The van der Waals surface area contributed by atoms with Crippen LogP contribution in [-0.4, -0.2) is 13.7 Å². The van der Waals surface area contributed by atoms with Gasteiger partial charge in [-0.25, -0.2) is 4.39 Å². The molecule has 0 spiro atoms. The van der Waals surface area contributed by atoms with Gasteiger partial charge in [-0.1, -0.05) is 0 Å². The zero-order chi connectivity index (χ0) is 11.7. The number of methoxy groups -OCH3 is 1. The van der Waals surface area contributed by atoms with Gasteiger partial charge in [-0.15, -0.1) is 0 Å². The molecule has 5 heteroatoms. The summed E-state index contributed by atoms with van der Waals surface area (Å²) in [5.41, 5.74) is 0.672. The Bertz CT molecular complexity index is 405. The van der Waals surface area contributed by atoms with Crippen LogP contribution in [-0.2, 0) is 0 Å². The molecule has 1 aliphatic heterocycles. The molecule has 16 heavy (non-hydrogen) atoms. The van der Waals surface area contributed by atoms with Crippen LogP contribution in [0, 0.1) is 11.6 Å². The summed E-state index contributed by atoms with van der Waals surface area (Å²) < 4.78 is 32.0. The van der Waals surface area contributed by atoms with E-state index in [1.807, 2.05) is 0 Å². The van der Waals surface area contributed by atoms with Gasteiger partial charge in [-0.05, 0) is 41.4 Å². The Morgan fingerprint density at radius 1 is 1.44 bits per heavy atom. The molecule has 2 rings (SSSR count). The SMILES string of the molecule is COc1c(C2CCCN2)cc(Br)c(F)c1F. The first-order valence-electron chi connectivity index (χ1n) is 5.10. The summed E-state index contributed by atoms with van der Waals surface area (Å²) in [6.45, 7) is 0.893. The van der Waals surface area contributed by atoms with Crippen LogP contribution >= 0.6 is 15.9 Å². The maximum atomic E-state index is 13.6. The minimum atomic E-state index is -0.930. The van der Waals surface area contributed by atoms with Gasteiger partial charge in [0.25, 0.3) is 0 Å². The summed E-state index contributed by atoms with van der Waals surface area (Å²) in [4.78, 5) is 0. The van der Waals surface area contributed by atoms with Crippen molar-refractivity contribution in [3.63, 3.8) is 0 Å². The molecule has 1 unspecified atom stereocenters. The summed E-state index contributed by atoms with van der Waals surface area (Å²) in [5, 5.41) is 3.23. The second-order valence-corrected chi connectivity index (χ2v) is 4.61. The molecule has 1 atom stereocenters. The Morgan fingerprint density at radius 3 is 2.75 bits per heavy atom. The van der Waals surface area contributed by atoms with E-state index < -0.39 is 11.6 Å². The van der Waals surface area contributed by atoms with Crippen molar-refractivity contribution in [3.8, 4) is 5.75 Å². The molecular formula is C11H12BrF2NO. The lowest BCUT2D eigenvalue weighted by Crippen LogP contribution is -2.15. The Hall–Kier alpha value is -0.680. The molecule has 0 aromatic heterocycles. The average molecular weight is 292 g/mol. The fourth-order valence-corrected chi connectivity index (χ4v) is 2.43. The van der Waals surface area contributed by atoms with E-state index in [0.717, 1.165) is 19.4 Å². The lowest BCUT2D eigenvalue weighted by atomic mass is 10.0. The van der Waals surface area contributed by atoms with Crippen LogP contribution in [0.15, 0.2) is 10.5 Å². The monoisotopic (exact) mass is 291 g/mol. The minimum absolute atomic E-state index is 0.0000926. The second kappa shape index (κ2) is 4.67. The molecule has 1 saturated heterocycles. The highest BCUT2D eigenvalue weighted by molar-refractivity contribution is 9.10. The van der Waals surface area contributed by atoms with Gasteiger partial charge in [-0.2, -0.15) is 4.39 Å². The van der Waals surface area contributed by atoms with E-state index in [1.54, 1.807) is 6.07 Å². The van der Waals surface area contributed by atoms with Gasteiger partial charge in [0.2, 0.25) is 5.82 Å². The normalized spacial score (nSPS) is 20.1. The Kier molecular flexibility index (Phi) is 3.44. The number of ether oxygens (including phenoxy) is 1. The standard InChI is InChI=1S/C11H12BrF2NO/c1-16-11-6(8-3-2-4-15-8)5-7(12)9(13)10(11)14/h5,8,15H,2-4H2,1H3. The lowest BCUT2D eigenvalue weighted by molar-refractivity contribution is 0.361. The van der Waals surface area contributed by atoms with E-state index in [0.29, 0.717) is 5.56 Å². The molecule has 1 heterocycles.